The number of hydrogen-bond acceptors (Lipinski definition) is 4. The molecule has 0 aliphatic rings. The minimum absolute atomic E-state index is 0.00222. The molecule has 4 heteroatoms. The van der Waals surface area contributed by atoms with Crippen LogP contribution in [0.5, 0.6) is 11.5 Å². The first-order valence-electron chi connectivity index (χ1n) is 6.72. The van der Waals surface area contributed by atoms with Crippen LogP contribution in [0.3, 0.4) is 0 Å². The van der Waals surface area contributed by atoms with Crippen LogP contribution < -0.4 is 5.32 Å². The molecule has 2 rings (SSSR count). The Bertz CT molecular complexity index is 584. The lowest BCUT2D eigenvalue weighted by atomic mass is 10.0. The van der Waals surface area contributed by atoms with Gasteiger partial charge in [0, 0.05) is 23.7 Å². The predicted octanol–water partition coefficient (Wildman–Crippen LogP) is 3.72. The second kappa shape index (κ2) is 5.59. The van der Waals surface area contributed by atoms with Crippen LogP contribution in [-0.4, -0.2) is 10.2 Å². The highest BCUT2D eigenvalue weighted by Crippen LogP contribution is 2.28. The number of rotatable bonds is 4. The number of aryl methyl sites for hydroxylation is 2. The number of aromatic hydroxyl groups is 2. The number of benzene rings is 1. The summed E-state index contributed by atoms with van der Waals surface area (Å²) in [6.45, 7) is 7.94. The van der Waals surface area contributed by atoms with Gasteiger partial charge in [-0.2, -0.15) is 0 Å². The van der Waals surface area contributed by atoms with Gasteiger partial charge in [0.2, 0.25) is 0 Å². The Morgan fingerprint density at radius 2 is 1.55 bits per heavy atom. The Balaban J connectivity index is 2.14. The summed E-state index contributed by atoms with van der Waals surface area (Å²) in [6.07, 6.45) is 0. The van der Waals surface area contributed by atoms with E-state index in [1.807, 2.05) is 26.8 Å². The molecule has 108 valence electrons. The normalized spacial score (nSPS) is 14.2. The molecule has 1 aromatic heterocycles. The van der Waals surface area contributed by atoms with Crippen molar-refractivity contribution in [1.29, 1.82) is 0 Å². The molecule has 0 amide bonds. The number of phenols is 2. The molecule has 0 bridgehead atoms. The Hall–Kier alpha value is -1.94. The monoisotopic (exact) mass is 275 g/mol. The Morgan fingerprint density at radius 1 is 0.950 bits per heavy atom. The van der Waals surface area contributed by atoms with Crippen molar-refractivity contribution in [3.8, 4) is 11.5 Å². The summed E-state index contributed by atoms with van der Waals surface area (Å²) in [7, 11) is 0. The first-order chi connectivity index (χ1) is 9.36. The second-order valence-electron chi connectivity index (χ2n) is 5.26. The molecule has 1 aromatic carbocycles. The summed E-state index contributed by atoms with van der Waals surface area (Å²) in [5, 5.41) is 22.5. The molecule has 3 N–H and O–H groups in total. The van der Waals surface area contributed by atoms with Crippen LogP contribution in [0.4, 0.5) is 0 Å². The molecule has 0 radical (unpaired) electrons. The van der Waals surface area contributed by atoms with E-state index < -0.39 is 0 Å². The Labute approximate surface area is 119 Å². The third kappa shape index (κ3) is 3.14. The fraction of sp³-hybridized carbons (Fsp3) is 0.375. The van der Waals surface area contributed by atoms with Crippen molar-refractivity contribution >= 4 is 0 Å². The SMILES string of the molecule is Cc1cc(C(C)NC(C)c2cc(O)cc(O)c2)c(C)o1. The van der Waals surface area contributed by atoms with Gasteiger partial charge in [-0.1, -0.05) is 0 Å². The van der Waals surface area contributed by atoms with Crippen LogP contribution in [0.15, 0.2) is 28.7 Å². The smallest absolute Gasteiger partial charge is 0.119 e. The summed E-state index contributed by atoms with van der Waals surface area (Å²) in [6, 6.07) is 6.77. The molecule has 0 aliphatic carbocycles. The third-order valence-corrected chi connectivity index (χ3v) is 3.47. The molecule has 1 heterocycles. The van der Waals surface area contributed by atoms with E-state index in [0.717, 1.165) is 22.6 Å². The number of phenolic OH excluding ortho intramolecular Hbond substituents is 2. The predicted molar refractivity (Wildman–Crippen MR) is 77.9 cm³/mol. The summed E-state index contributed by atoms with van der Waals surface area (Å²) in [4.78, 5) is 0. The minimum Gasteiger partial charge on any atom is -0.508 e. The molecular formula is C16H21NO3. The van der Waals surface area contributed by atoms with Crippen molar-refractivity contribution in [2.75, 3.05) is 0 Å². The zero-order chi connectivity index (χ0) is 14.9. The van der Waals surface area contributed by atoms with E-state index in [2.05, 4.69) is 12.2 Å². The first-order valence-corrected chi connectivity index (χ1v) is 6.72. The molecule has 4 nitrogen and oxygen atoms in total. The molecule has 2 aromatic rings. The average Bonchev–Trinajstić information content (AvgIpc) is 2.67. The van der Waals surface area contributed by atoms with Gasteiger partial charge in [-0.05, 0) is 51.5 Å². The lowest BCUT2D eigenvalue weighted by Gasteiger charge is -2.20. The molecule has 0 saturated carbocycles. The van der Waals surface area contributed by atoms with Crippen LogP contribution in [0.25, 0.3) is 0 Å². The molecule has 2 atom stereocenters. The molecule has 0 saturated heterocycles. The van der Waals surface area contributed by atoms with Crippen molar-refractivity contribution in [1.82, 2.24) is 5.32 Å². The highest BCUT2D eigenvalue weighted by molar-refractivity contribution is 5.38. The molecule has 0 fully saturated rings. The number of furan rings is 1. The van der Waals surface area contributed by atoms with Gasteiger partial charge in [-0.25, -0.2) is 0 Å². The van der Waals surface area contributed by atoms with Gasteiger partial charge in [0.25, 0.3) is 0 Å². The van der Waals surface area contributed by atoms with Crippen LogP contribution >= 0.6 is 0 Å². The Morgan fingerprint density at radius 3 is 2.05 bits per heavy atom. The summed E-state index contributed by atoms with van der Waals surface area (Å²) in [5.74, 6) is 1.94. The summed E-state index contributed by atoms with van der Waals surface area (Å²) in [5.41, 5.74) is 1.96. The van der Waals surface area contributed by atoms with Crippen molar-refractivity contribution < 1.29 is 14.6 Å². The van der Waals surface area contributed by atoms with E-state index in [9.17, 15) is 10.2 Å². The van der Waals surface area contributed by atoms with Crippen LogP contribution in [0.2, 0.25) is 0 Å². The average molecular weight is 275 g/mol. The lowest BCUT2D eigenvalue weighted by molar-refractivity contribution is 0.440. The van der Waals surface area contributed by atoms with E-state index in [1.165, 1.54) is 6.07 Å². The molecular weight excluding hydrogens is 254 g/mol. The van der Waals surface area contributed by atoms with Crippen molar-refractivity contribution in [2.24, 2.45) is 0 Å². The second-order valence-corrected chi connectivity index (χ2v) is 5.26. The molecule has 20 heavy (non-hydrogen) atoms. The zero-order valence-corrected chi connectivity index (χ0v) is 12.3. The van der Waals surface area contributed by atoms with Crippen LogP contribution in [0, 0.1) is 13.8 Å². The lowest BCUT2D eigenvalue weighted by Crippen LogP contribution is -2.22. The fourth-order valence-electron chi connectivity index (χ4n) is 2.51. The van der Waals surface area contributed by atoms with Crippen molar-refractivity contribution in [3.63, 3.8) is 0 Å². The molecule has 0 aliphatic heterocycles. The van der Waals surface area contributed by atoms with E-state index in [4.69, 9.17) is 4.42 Å². The van der Waals surface area contributed by atoms with Gasteiger partial charge in [0.15, 0.2) is 0 Å². The van der Waals surface area contributed by atoms with Gasteiger partial charge >= 0.3 is 0 Å². The standard InChI is InChI=1S/C16H21NO3/c1-9-5-16(12(4)20-9)11(3)17-10(2)13-6-14(18)8-15(19)7-13/h5-8,10-11,17-19H,1-4H3. The summed E-state index contributed by atoms with van der Waals surface area (Å²) >= 11 is 0. The largest absolute Gasteiger partial charge is 0.508 e. The molecule has 0 spiro atoms. The van der Waals surface area contributed by atoms with E-state index in [0.29, 0.717) is 0 Å². The van der Waals surface area contributed by atoms with Gasteiger partial charge in [-0.3, -0.25) is 0 Å². The fourth-order valence-corrected chi connectivity index (χ4v) is 2.51. The topological polar surface area (TPSA) is 65.6 Å². The highest BCUT2D eigenvalue weighted by atomic mass is 16.3. The first kappa shape index (κ1) is 14.5. The maximum absolute atomic E-state index is 9.54. The number of hydrogen-bond donors (Lipinski definition) is 3. The van der Waals surface area contributed by atoms with Crippen LogP contribution in [0.1, 0.15) is 48.6 Å². The van der Waals surface area contributed by atoms with Gasteiger partial charge in [0.1, 0.15) is 23.0 Å². The maximum Gasteiger partial charge on any atom is 0.119 e. The van der Waals surface area contributed by atoms with Gasteiger partial charge in [0.05, 0.1) is 0 Å². The van der Waals surface area contributed by atoms with E-state index in [-0.39, 0.29) is 23.6 Å². The van der Waals surface area contributed by atoms with Gasteiger partial charge in [-0.15, -0.1) is 0 Å². The van der Waals surface area contributed by atoms with Crippen molar-refractivity contribution in [3.05, 3.63) is 46.9 Å². The maximum atomic E-state index is 9.54. The van der Waals surface area contributed by atoms with E-state index >= 15 is 0 Å². The van der Waals surface area contributed by atoms with E-state index in [1.54, 1.807) is 12.1 Å². The third-order valence-electron chi connectivity index (χ3n) is 3.47. The highest BCUT2D eigenvalue weighted by Gasteiger charge is 2.16. The van der Waals surface area contributed by atoms with Gasteiger partial charge < -0.3 is 19.9 Å². The minimum atomic E-state index is -0.00222. The summed E-state index contributed by atoms with van der Waals surface area (Å²) < 4.78 is 5.54. The zero-order valence-electron chi connectivity index (χ0n) is 12.3. The quantitative estimate of drug-likeness (QED) is 0.795. The molecule has 2 unspecified atom stereocenters. The Kier molecular flexibility index (Phi) is 4.04. The van der Waals surface area contributed by atoms with Crippen molar-refractivity contribution in [2.45, 2.75) is 39.8 Å². The van der Waals surface area contributed by atoms with Crippen LogP contribution in [-0.2, 0) is 0 Å². The number of nitrogens with one attached hydrogen (secondary N) is 1.